The van der Waals surface area contributed by atoms with Gasteiger partial charge in [-0.15, -0.1) is 0 Å². The third-order valence-corrected chi connectivity index (χ3v) is 3.96. The van der Waals surface area contributed by atoms with E-state index in [2.05, 4.69) is 17.3 Å². The highest BCUT2D eigenvalue weighted by molar-refractivity contribution is 5.85. The van der Waals surface area contributed by atoms with Crippen LogP contribution in [0.25, 0.3) is 0 Å². The minimum Gasteiger partial charge on any atom is -0.385 e. The fraction of sp³-hybridized carbons (Fsp3) is 0.923. The molecule has 0 heterocycles. The minimum absolute atomic E-state index is 0.211. The number of methoxy groups -OCH3 is 1. The van der Waals surface area contributed by atoms with E-state index in [-0.39, 0.29) is 5.91 Å². The van der Waals surface area contributed by atoms with Gasteiger partial charge in [-0.3, -0.25) is 4.79 Å². The molecule has 3 N–H and O–H groups in total. The molecule has 0 aromatic rings. The molecule has 1 rings (SSSR count). The first-order chi connectivity index (χ1) is 8.55. The van der Waals surface area contributed by atoms with Crippen molar-refractivity contribution in [2.45, 2.75) is 44.2 Å². The first-order valence-corrected chi connectivity index (χ1v) is 6.80. The van der Waals surface area contributed by atoms with Gasteiger partial charge in [0.1, 0.15) is 0 Å². The maximum Gasteiger partial charge on any atom is 0.237 e. The number of nitrogens with two attached hydrogens (primary N) is 1. The predicted molar refractivity (Wildman–Crippen MR) is 72.4 cm³/mol. The molecule has 0 aliphatic heterocycles. The van der Waals surface area contributed by atoms with Crippen LogP contribution in [0.4, 0.5) is 0 Å². The summed E-state index contributed by atoms with van der Waals surface area (Å²) in [6.45, 7) is 4.58. The smallest absolute Gasteiger partial charge is 0.237 e. The van der Waals surface area contributed by atoms with Crippen LogP contribution < -0.4 is 11.1 Å². The second kappa shape index (κ2) is 7.07. The molecule has 1 aliphatic rings. The Morgan fingerprint density at radius 1 is 1.61 bits per heavy atom. The summed E-state index contributed by atoms with van der Waals surface area (Å²) in [5.41, 5.74) is 5.07. The fourth-order valence-electron chi connectivity index (χ4n) is 2.85. The zero-order chi connectivity index (χ0) is 13.6. The highest BCUT2D eigenvalue weighted by Gasteiger charge is 2.44. The van der Waals surface area contributed by atoms with Crippen molar-refractivity contribution in [3.8, 4) is 0 Å². The van der Waals surface area contributed by atoms with E-state index in [9.17, 15) is 4.79 Å². The van der Waals surface area contributed by atoms with Crippen LogP contribution >= 0.6 is 0 Å². The molecule has 0 radical (unpaired) electrons. The average molecular weight is 257 g/mol. The summed E-state index contributed by atoms with van der Waals surface area (Å²) in [6, 6.07) is 0.438. The Morgan fingerprint density at radius 2 is 2.33 bits per heavy atom. The molecule has 2 atom stereocenters. The molecule has 1 amide bonds. The van der Waals surface area contributed by atoms with Gasteiger partial charge in [-0.2, -0.15) is 0 Å². The lowest BCUT2D eigenvalue weighted by atomic mass is 9.96. The molecule has 0 aromatic carbocycles. The van der Waals surface area contributed by atoms with Crippen molar-refractivity contribution in [3.05, 3.63) is 0 Å². The van der Waals surface area contributed by atoms with Crippen LogP contribution in [0.1, 0.15) is 32.6 Å². The van der Waals surface area contributed by atoms with Crippen molar-refractivity contribution in [1.29, 1.82) is 0 Å². The second-order valence-electron chi connectivity index (χ2n) is 5.20. The summed E-state index contributed by atoms with van der Waals surface area (Å²) in [4.78, 5) is 14.0. The summed E-state index contributed by atoms with van der Waals surface area (Å²) < 4.78 is 5.06. The number of carbonyl (C=O) groups is 1. The standard InChI is InChI=1S/C13H27N3O2/c1-4-15-13(12(14)17)7-6-11(10-13)16(2)8-5-9-18-3/h11,15H,4-10H2,1-3H3,(H2,14,17). The predicted octanol–water partition coefficient (Wildman–Crippen LogP) is 0.341. The maximum absolute atomic E-state index is 11.7. The summed E-state index contributed by atoms with van der Waals surface area (Å²) in [7, 11) is 3.84. The third kappa shape index (κ3) is 3.67. The number of carbonyl (C=O) groups excluding carboxylic acids is 1. The van der Waals surface area contributed by atoms with Crippen molar-refractivity contribution < 1.29 is 9.53 Å². The summed E-state index contributed by atoms with van der Waals surface area (Å²) in [5, 5.41) is 3.28. The highest BCUT2D eigenvalue weighted by Crippen LogP contribution is 2.32. The van der Waals surface area contributed by atoms with Gasteiger partial charge in [-0.1, -0.05) is 6.92 Å². The molecular formula is C13H27N3O2. The fourth-order valence-corrected chi connectivity index (χ4v) is 2.85. The molecule has 0 aromatic heterocycles. The minimum atomic E-state index is -0.491. The van der Waals surface area contributed by atoms with Gasteiger partial charge in [0.2, 0.25) is 5.91 Å². The van der Waals surface area contributed by atoms with Crippen LogP contribution in [0.15, 0.2) is 0 Å². The average Bonchev–Trinajstić information content (AvgIpc) is 2.75. The van der Waals surface area contributed by atoms with Crippen LogP contribution in [-0.4, -0.2) is 56.2 Å². The molecule has 106 valence electrons. The summed E-state index contributed by atoms with van der Waals surface area (Å²) in [6.07, 6.45) is 3.71. The molecule has 0 saturated heterocycles. The van der Waals surface area contributed by atoms with Crippen molar-refractivity contribution >= 4 is 5.91 Å². The Morgan fingerprint density at radius 3 is 2.89 bits per heavy atom. The molecule has 18 heavy (non-hydrogen) atoms. The zero-order valence-electron chi connectivity index (χ0n) is 11.9. The SMILES string of the molecule is CCNC1(C(N)=O)CCC(N(C)CCCOC)C1. The molecule has 1 aliphatic carbocycles. The largest absolute Gasteiger partial charge is 0.385 e. The van der Waals surface area contributed by atoms with E-state index >= 15 is 0 Å². The summed E-state index contributed by atoms with van der Waals surface area (Å²) in [5.74, 6) is -0.211. The summed E-state index contributed by atoms with van der Waals surface area (Å²) >= 11 is 0. The topological polar surface area (TPSA) is 67.6 Å². The van der Waals surface area contributed by atoms with Crippen LogP contribution in [0.5, 0.6) is 0 Å². The quantitative estimate of drug-likeness (QED) is 0.615. The van der Waals surface area contributed by atoms with Crippen LogP contribution in [-0.2, 0) is 9.53 Å². The first-order valence-electron chi connectivity index (χ1n) is 6.80. The Balaban J connectivity index is 2.49. The van der Waals surface area contributed by atoms with Crippen LogP contribution in [0.2, 0.25) is 0 Å². The van der Waals surface area contributed by atoms with Crippen LogP contribution in [0.3, 0.4) is 0 Å². The van der Waals surface area contributed by atoms with E-state index in [1.54, 1.807) is 7.11 Å². The first kappa shape index (κ1) is 15.4. The highest BCUT2D eigenvalue weighted by atomic mass is 16.5. The molecule has 0 spiro atoms. The molecule has 5 nitrogen and oxygen atoms in total. The van der Waals surface area contributed by atoms with Crippen LogP contribution in [0, 0.1) is 0 Å². The maximum atomic E-state index is 11.7. The van der Waals surface area contributed by atoms with E-state index in [0.29, 0.717) is 6.04 Å². The van der Waals surface area contributed by atoms with Gasteiger partial charge in [0.15, 0.2) is 0 Å². The number of ether oxygens (including phenoxy) is 1. The van der Waals surface area contributed by atoms with Crippen molar-refractivity contribution in [2.75, 3.05) is 33.9 Å². The molecule has 0 bridgehead atoms. The van der Waals surface area contributed by atoms with Gasteiger partial charge in [-0.05, 0) is 39.3 Å². The lowest BCUT2D eigenvalue weighted by molar-refractivity contribution is -0.124. The zero-order valence-corrected chi connectivity index (χ0v) is 11.9. The number of amides is 1. The van der Waals surface area contributed by atoms with E-state index < -0.39 is 5.54 Å². The molecule has 2 unspecified atom stereocenters. The Bertz CT molecular complexity index is 273. The van der Waals surface area contributed by atoms with Gasteiger partial charge in [0.05, 0.1) is 5.54 Å². The molecular weight excluding hydrogens is 230 g/mol. The number of likely N-dealkylation sites (N-methyl/N-ethyl adjacent to an activating group) is 1. The lowest BCUT2D eigenvalue weighted by Gasteiger charge is -2.29. The van der Waals surface area contributed by atoms with E-state index in [0.717, 1.165) is 45.4 Å². The second-order valence-corrected chi connectivity index (χ2v) is 5.20. The van der Waals surface area contributed by atoms with Crippen molar-refractivity contribution in [1.82, 2.24) is 10.2 Å². The number of hydrogen-bond acceptors (Lipinski definition) is 4. The lowest BCUT2D eigenvalue weighted by Crippen LogP contribution is -2.54. The normalized spacial score (nSPS) is 27.9. The Labute approximate surface area is 110 Å². The van der Waals surface area contributed by atoms with Crippen molar-refractivity contribution in [3.63, 3.8) is 0 Å². The van der Waals surface area contributed by atoms with Crippen molar-refractivity contribution in [2.24, 2.45) is 5.73 Å². The van der Waals surface area contributed by atoms with Gasteiger partial charge < -0.3 is 20.7 Å². The molecule has 1 fully saturated rings. The van der Waals surface area contributed by atoms with Gasteiger partial charge in [0, 0.05) is 26.3 Å². The van der Waals surface area contributed by atoms with E-state index in [1.807, 2.05) is 6.92 Å². The Hall–Kier alpha value is -0.650. The van der Waals surface area contributed by atoms with Gasteiger partial charge in [-0.25, -0.2) is 0 Å². The number of nitrogens with one attached hydrogen (secondary N) is 1. The monoisotopic (exact) mass is 257 g/mol. The number of hydrogen-bond donors (Lipinski definition) is 2. The molecule has 1 saturated carbocycles. The van der Waals surface area contributed by atoms with Gasteiger partial charge in [0.25, 0.3) is 0 Å². The number of primary amides is 1. The van der Waals surface area contributed by atoms with Gasteiger partial charge >= 0.3 is 0 Å². The molecule has 5 heteroatoms. The van der Waals surface area contributed by atoms with E-state index in [4.69, 9.17) is 10.5 Å². The third-order valence-electron chi connectivity index (χ3n) is 3.96. The van der Waals surface area contributed by atoms with E-state index in [1.165, 1.54) is 0 Å². The number of nitrogens with zero attached hydrogens (tertiary/aromatic N) is 1. The number of rotatable bonds is 8. The Kier molecular flexibility index (Phi) is 6.05.